The summed E-state index contributed by atoms with van der Waals surface area (Å²) in [4.78, 5) is 10.7. The third-order valence-corrected chi connectivity index (χ3v) is 2.96. The van der Waals surface area contributed by atoms with Crippen LogP contribution in [0.25, 0.3) is 0 Å². The van der Waals surface area contributed by atoms with Gasteiger partial charge in [0.2, 0.25) is 5.75 Å². The van der Waals surface area contributed by atoms with Crippen LogP contribution in [0.5, 0.6) is 11.5 Å². The molecule has 0 aliphatic rings. The monoisotopic (exact) mass is 310 g/mol. The minimum atomic E-state index is -0.583. The summed E-state index contributed by atoms with van der Waals surface area (Å²) in [5.41, 5.74) is 0.174. The molecule has 0 spiro atoms. The van der Waals surface area contributed by atoms with Gasteiger partial charge in [0.25, 0.3) is 0 Å². The Kier molecular flexibility index (Phi) is 4.59. The molecule has 0 aliphatic carbocycles. The van der Waals surface area contributed by atoms with Crippen LogP contribution in [0, 0.1) is 15.9 Å². The van der Waals surface area contributed by atoms with Gasteiger partial charge in [0.05, 0.1) is 9.95 Å². The number of nitro benzene ring substituents is 1. The van der Waals surface area contributed by atoms with Gasteiger partial charge < -0.3 is 10.1 Å². The van der Waals surface area contributed by atoms with E-state index in [2.05, 4.69) is 5.32 Å². The van der Waals surface area contributed by atoms with E-state index in [0.717, 1.165) is 6.07 Å². The molecule has 7 heteroatoms. The zero-order valence-electron chi connectivity index (χ0n) is 11.1. The fourth-order valence-corrected chi connectivity index (χ4v) is 1.96. The van der Waals surface area contributed by atoms with Gasteiger partial charge in [-0.15, -0.1) is 0 Å². The van der Waals surface area contributed by atoms with E-state index >= 15 is 0 Å². The molecule has 0 heterocycles. The maximum absolute atomic E-state index is 13.1. The maximum atomic E-state index is 13.1. The van der Waals surface area contributed by atoms with E-state index in [-0.39, 0.29) is 22.2 Å². The molecule has 0 aliphatic heterocycles. The van der Waals surface area contributed by atoms with Crippen LogP contribution >= 0.6 is 11.6 Å². The second-order valence-corrected chi connectivity index (χ2v) is 4.52. The van der Waals surface area contributed by atoms with Crippen LogP contribution in [0.3, 0.4) is 0 Å². The van der Waals surface area contributed by atoms with Crippen LogP contribution in [0.4, 0.5) is 15.8 Å². The van der Waals surface area contributed by atoms with Crippen molar-refractivity contribution in [1.29, 1.82) is 0 Å². The summed E-state index contributed by atoms with van der Waals surface area (Å²) in [7, 11) is 0. The number of hydrogen-bond acceptors (Lipinski definition) is 4. The highest BCUT2D eigenvalue weighted by Gasteiger charge is 2.21. The molecule has 5 nitrogen and oxygen atoms in total. The molecule has 110 valence electrons. The van der Waals surface area contributed by atoms with Gasteiger partial charge in [0.1, 0.15) is 17.3 Å². The zero-order chi connectivity index (χ0) is 15.4. The molecular weight excluding hydrogens is 299 g/mol. The van der Waals surface area contributed by atoms with Gasteiger partial charge in [-0.2, -0.15) is 0 Å². The number of ether oxygens (including phenoxy) is 1. The predicted octanol–water partition coefficient (Wildman–Crippen LogP) is 4.61. The van der Waals surface area contributed by atoms with Gasteiger partial charge in [0, 0.05) is 12.6 Å². The van der Waals surface area contributed by atoms with Gasteiger partial charge in [-0.3, -0.25) is 10.1 Å². The largest absolute Gasteiger partial charge is 0.450 e. The van der Waals surface area contributed by atoms with Crippen LogP contribution in [-0.4, -0.2) is 11.5 Å². The van der Waals surface area contributed by atoms with Gasteiger partial charge in [-0.25, -0.2) is 4.39 Å². The first-order valence-corrected chi connectivity index (χ1v) is 6.55. The molecule has 2 aromatic carbocycles. The molecule has 0 bridgehead atoms. The number of nitro groups is 1. The van der Waals surface area contributed by atoms with Crippen molar-refractivity contribution in [3.05, 3.63) is 57.4 Å². The molecule has 1 N–H and O–H groups in total. The van der Waals surface area contributed by atoms with E-state index in [4.69, 9.17) is 16.3 Å². The smallest absolute Gasteiger partial charge is 0.334 e. The Morgan fingerprint density at radius 2 is 2.14 bits per heavy atom. The molecule has 0 radical (unpaired) electrons. The van der Waals surface area contributed by atoms with Crippen molar-refractivity contribution in [2.45, 2.75) is 6.92 Å². The van der Waals surface area contributed by atoms with E-state index in [1.807, 2.05) is 6.92 Å². The van der Waals surface area contributed by atoms with Crippen LogP contribution in [-0.2, 0) is 0 Å². The molecule has 0 unspecified atom stereocenters. The first-order valence-electron chi connectivity index (χ1n) is 6.17. The average Bonchev–Trinajstić information content (AvgIpc) is 2.43. The minimum Gasteiger partial charge on any atom is -0.450 e. The number of rotatable bonds is 5. The van der Waals surface area contributed by atoms with E-state index in [1.54, 1.807) is 12.1 Å². The summed E-state index contributed by atoms with van der Waals surface area (Å²) in [6.45, 7) is 2.36. The second-order valence-electron chi connectivity index (χ2n) is 4.12. The Labute approximate surface area is 125 Å². The minimum absolute atomic E-state index is 0.0566. The normalized spacial score (nSPS) is 10.2. The Morgan fingerprint density at radius 1 is 1.38 bits per heavy atom. The van der Waals surface area contributed by atoms with E-state index in [1.165, 1.54) is 18.2 Å². The summed E-state index contributed by atoms with van der Waals surface area (Å²) >= 11 is 5.66. The summed E-state index contributed by atoms with van der Waals surface area (Å²) < 4.78 is 18.6. The number of anilines is 1. The lowest BCUT2D eigenvalue weighted by atomic mass is 10.2. The third kappa shape index (κ3) is 3.41. The summed E-state index contributed by atoms with van der Waals surface area (Å²) in [6, 6.07) is 8.44. The Bertz CT molecular complexity index is 679. The highest BCUT2D eigenvalue weighted by molar-refractivity contribution is 6.30. The maximum Gasteiger partial charge on any atom is 0.334 e. The number of benzene rings is 2. The molecule has 0 atom stereocenters. The second kappa shape index (κ2) is 6.41. The number of halogens is 2. The molecular formula is C14H12ClFN2O3. The van der Waals surface area contributed by atoms with Crippen molar-refractivity contribution in [1.82, 2.24) is 0 Å². The molecule has 0 saturated heterocycles. The average molecular weight is 311 g/mol. The summed E-state index contributed by atoms with van der Waals surface area (Å²) in [5.74, 6) is -0.306. The third-order valence-electron chi connectivity index (χ3n) is 2.67. The number of para-hydroxylation sites is 1. The molecule has 21 heavy (non-hydrogen) atoms. The Balaban J connectivity index is 2.41. The quantitative estimate of drug-likeness (QED) is 0.647. The number of hydrogen-bond donors (Lipinski definition) is 1. The lowest BCUT2D eigenvalue weighted by molar-refractivity contribution is -0.384. The Morgan fingerprint density at radius 3 is 2.76 bits per heavy atom. The first-order chi connectivity index (χ1) is 10.0. The SMILES string of the molecule is CCNc1cccc(Oc2ccc(F)c(Cl)c2)c1[N+](=O)[O-]. The number of nitrogens with one attached hydrogen (secondary N) is 1. The fourth-order valence-electron chi connectivity index (χ4n) is 1.79. The summed E-state index contributed by atoms with van der Waals surface area (Å²) in [5, 5.41) is 14.0. The predicted molar refractivity (Wildman–Crippen MR) is 78.7 cm³/mol. The zero-order valence-corrected chi connectivity index (χ0v) is 11.9. The number of nitrogens with zero attached hydrogens (tertiary/aromatic N) is 1. The highest BCUT2D eigenvalue weighted by Crippen LogP contribution is 2.38. The topological polar surface area (TPSA) is 64.4 Å². The van der Waals surface area contributed by atoms with Gasteiger partial charge in [-0.1, -0.05) is 17.7 Å². The van der Waals surface area contributed by atoms with Gasteiger partial charge >= 0.3 is 5.69 Å². The summed E-state index contributed by atoms with van der Waals surface area (Å²) in [6.07, 6.45) is 0. The fraction of sp³-hybridized carbons (Fsp3) is 0.143. The van der Waals surface area contributed by atoms with Crippen molar-refractivity contribution < 1.29 is 14.1 Å². The van der Waals surface area contributed by atoms with Gasteiger partial charge in [0.15, 0.2) is 0 Å². The van der Waals surface area contributed by atoms with Crippen molar-refractivity contribution in [2.75, 3.05) is 11.9 Å². The molecule has 0 amide bonds. The van der Waals surface area contributed by atoms with Crippen LogP contribution in [0.15, 0.2) is 36.4 Å². The van der Waals surface area contributed by atoms with Gasteiger partial charge in [-0.05, 0) is 31.2 Å². The van der Waals surface area contributed by atoms with Crippen molar-refractivity contribution >= 4 is 23.0 Å². The standard InChI is InChI=1S/C14H12ClFN2O3/c1-2-17-12-4-3-5-13(14(12)18(19)20)21-9-6-7-11(16)10(15)8-9/h3-8,17H,2H2,1H3. The highest BCUT2D eigenvalue weighted by atomic mass is 35.5. The molecule has 0 aromatic heterocycles. The molecule has 0 fully saturated rings. The first kappa shape index (κ1) is 15.1. The van der Waals surface area contributed by atoms with Crippen molar-refractivity contribution in [3.63, 3.8) is 0 Å². The van der Waals surface area contributed by atoms with E-state index in [9.17, 15) is 14.5 Å². The van der Waals surface area contributed by atoms with E-state index < -0.39 is 10.7 Å². The van der Waals surface area contributed by atoms with Crippen molar-refractivity contribution in [2.24, 2.45) is 0 Å². The lowest BCUT2D eigenvalue weighted by Crippen LogP contribution is -2.02. The van der Waals surface area contributed by atoms with E-state index in [0.29, 0.717) is 12.2 Å². The molecule has 2 aromatic rings. The van der Waals surface area contributed by atoms with Crippen LogP contribution < -0.4 is 10.1 Å². The van der Waals surface area contributed by atoms with Crippen LogP contribution in [0.1, 0.15) is 6.92 Å². The molecule has 0 saturated carbocycles. The van der Waals surface area contributed by atoms with Crippen LogP contribution in [0.2, 0.25) is 5.02 Å². The van der Waals surface area contributed by atoms with Crippen molar-refractivity contribution in [3.8, 4) is 11.5 Å². The lowest BCUT2D eigenvalue weighted by Gasteiger charge is -2.10. The molecule has 2 rings (SSSR count). The Hall–Kier alpha value is -2.34.